The molecular weight excluding hydrogens is 256 g/mol. The molecule has 1 nitrogen and oxygen atoms in total. The van der Waals surface area contributed by atoms with Gasteiger partial charge in [-0.05, 0) is 53.9 Å². The fourth-order valence-electron chi connectivity index (χ4n) is 2.17. The van der Waals surface area contributed by atoms with Crippen molar-refractivity contribution in [1.29, 1.82) is 0 Å². The van der Waals surface area contributed by atoms with E-state index in [0.717, 1.165) is 36.6 Å². The molecule has 3 heteroatoms. The van der Waals surface area contributed by atoms with Crippen LogP contribution < -0.4 is 0 Å². The predicted molar refractivity (Wildman–Crippen MR) is 84.8 cm³/mol. The Hall–Kier alpha value is -0.990. The fourth-order valence-corrected chi connectivity index (χ4v) is 2.17. The first-order valence-electron chi connectivity index (χ1n) is 7.23. The van der Waals surface area contributed by atoms with Crippen LogP contribution in [0.4, 0.5) is 8.78 Å². The van der Waals surface area contributed by atoms with Gasteiger partial charge in [0, 0.05) is 12.1 Å². The van der Waals surface area contributed by atoms with E-state index in [1.807, 2.05) is 19.9 Å². The van der Waals surface area contributed by atoms with Crippen molar-refractivity contribution in [3.05, 3.63) is 23.8 Å². The summed E-state index contributed by atoms with van der Waals surface area (Å²) in [7, 11) is 0. The minimum atomic E-state index is -2.62. The Kier molecular flexibility index (Phi) is 7.32. The van der Waals surface area contributed by atoms with Crippen LogP contribution in [-0.2, 0) is 0 Å². The monoisotopic (exact) mass is 285 g/mol. The summed E-state index contributed by atoms with van der Waals surface area (Å²) < 4.78 is 25.6. The molecule has 0 saturated carbocycles. The van der Waals surface area contributed by atoms with E-state index < -0.39 is 5.92 Å². The molecule has 0 saturated heterocycles. The molecular formula is C17H29F2N. The van der Waals surface area contributed by atoms with Crippen molar-refractivity contribution in [3.8, 4) is 0 Å². The van der Waals surface area contributed by atoms with Gasteiger partial charge in [0.2, 0.25) is 5.92 Å². The number of allylic oxidation sites excluding steroid dienone is 2. The fraction of sp³-hybridized carbons (Fsp3) is 0.706. The molecule has 0 aromatic rings. The largest absolute Gasteiger partial charge is 0.288 e. The summed E-state index contributed by atoms with van der Waals surface area (Å²) in [6.45, 7) is 15.1. The molecule has 0 amide bonds. The second-order valence-corrected chi connectivity index (χ2v) is 6.41. The van der Waals surface area contributed by atoms with E-state index in [1.165, 1.54) is 0 Å². The average Bonchev–Trinajstić information content (AvgIpc) is 2.23. The van der Waals surface area contributed by atoms with Crippen LogP contribution in [0.25, 0.3) is 0 Å². The van der Waals surface area contributed by atoms with Gasteiger partial charge in [-0.3, -0.25) is 4.99 Å². The van der Waals surface area contributed by atoms with E-state index >= 15 is 0 Å². The maximum absolute atomic E-state index is 12.8. The molecule has 0 N–H and O–H groups in total. The summed E-state index contributed by atoms with van der Waals surface area (Å²) in [5.41, 5.74) is 2.87. The van der Waals surface area contributed by atoms with Crippen LogP contribution in [0.15, 0.2) is 28.8 Å². The van der Waals surface area contributed by atoms with Crippen molar-refractivity contribution < 1.29 is 8.78 Å². The van der Waals surface area contributed by atoms with Gasteiger partial charge in [0.25, 0.3) is 0 Å². The van der Waals surface area contributed by atoms with Crippen LogP contribution in [0.3, 0.4) is 0 Å². The van der Waals surface area contributed by atoms with E-state index in [2.05, 4.69) is 32.3 Å². The number of nitrogens with zero attached hydrogens (tertiary/aromatic N) is 1. The Morgan fingerprint density at radius 1 is 1.20 bits per heavy atom. The lowest BCUT2D eigenvalue weighted by Crippen LogP contribution is -2.19. The molecule has 20 heavy (non-hydrogen) atoms. The van der Waals surface area contributed by atoms with Crippen molar-refractivity contribution in [3.63, 3.8) is 0 Å². The molecule has 0 rings (SSSR count). The summed E-state index contributed by atoms with van der Waals surface area (Å²) >= 11 is 0. The van der Waals surface area contributed by atoms with Crippen LogP contribution >= 0.6 is 0 Å². The van der Waals surface area contributed by atoms with E-state index in [1.54, 1.807) is 0 Å². The van der Waals surface area contributed by atoms with Gasteiger partial charge in [-0.1, -0.05) is 30.7 Å². The van der Waals surface area contributed by atoms with Gasteiger partial charge < -0.3 is 0 Å². The van der Waals surface area contributed by atoms with Crippen LogP contribution in [0.5, 0.6) is 0 Å². The van der Waals surface area contributed by atoms with E-state index in [-0.39, 0.29) is 12.0 Å². The third kappa shape index (κ3) is 9.88. The van der Waals surface area contributed by atoms with E-state index in [0.29, 0.717) is 6.42 Å². The van der Waals surface area contributed by atoms with Gasteiger partial charge in [-0.15, -0.1) is 0 Å². The van der Waals surface area contributed by atoms with Crippen LogP contribution in [0.2, 0.25) is 0 Å². The maximum Gasteiger partial charge on any atom is 0.245 e. The van der Waals surface area contributed by atoms with Crippen molar-refractivity contribution in [1.82, 2.24) is 0 Å². The lowest BCUT2D eigenvalue weighted by Gasteiger charge is -2.21. The highest BCUT2D eigenvalue weighted by molar-refractivity contribution is 5.81. The molecule has 0 heterocycles. The summed E-state index contributed by atoms with van der Waals surface area (Å²) in [4.78, 5) is 4.69. The molecule has 0 spiro atoms. The van der Waals surface area contributed by atoms with Gasteiger partial charge in [0.05, 0.1) is 5.54 Å². The zero-order chi connectivity index (χ0) is 16.0. The Balaban J connectivity index is 4.56. The summed E-state index contributed by atoms with van der Waals surface area (Å²) in [6.07, 6.45) is 3.87. The molecule has 0 aliphatic heterocycles. The third-order valence-electron chi connectivity index (χ3n) is 3.05. The van der Waals surface area contributed by atoms with Crippen molar-refractivity contribution in [2.75, 3.05) is 0 Å². The second kappa shape index (κ2) is 7.70. The smallest absolute Gasteiger partial charge is 0.245 e. The Labute approximate surface area is 122 Å². The van der Waals surface area contributed by atoms with Crippen LogP contribution in [-0.4, -0.2) is 17.2 Å². The molecule has 0 bridgehead atoms. The zero-order valence-electron chi connectivity index (χ0n) is 13.8. The minimum absolute atomic E-state index is 0.147. The Morgan fingerprint density at radius 2 is 1.75 bits per heavy atom. The van der Waals surface area contributed by atoms with Crippen LogP contribution in [0.1, 0.15) is 67.2 Å². The SMILES string of the molecule is C=C(/C=C(\C)CC(C)(C)N=C(C)CC)CCC(C)(F)F. The van der Waals surface area contributed by atoms with Crippen molar-refractivity contribution in [2.24, 2.45) is 4.99 Å². The zero-order valence-corrected chi connectivity index (χ0v) is 13.8. The molecule has 0 unspecified atom stereocenters. The minimum Gasteiger partial charge on any atom is -0.288 e. The Bertz CT molecular complexity index is 384. The lowest BCUT2D eigenvalue weighted by atomic mass is 9.94. The number of rotatable bonds is 8. The highest BCUT2D eigenvalue weighted by Gasteiger charge is 2.20. The van der Waals surface area contributed by atoms with Gasteiger partial charge >= 0.3 is 0 Å². The van der Waals surface area contributed by atoms with E-state index in [4.69, 9.17) is 0 Å². The molecule has 0 radical (unpaired) electrons. The Morgan fingerprint density at radius 3 is 2.20 bits per heavy atom. The predicted octanol–water partition coefficient (Wildman–Crippen LogP) is 5.96. The molecule has 0 aliphatic rings. The molecule has 0 aliphatic carbocycles. The first-order valence-corrected chi connectivity index (χ1v) is 7.23. The molecule has 0 aromatic heterocycles. The number of aliphatic imine (C=N–C) groups is 1. The van der Waals surface area contributed by atoms with Crippen molar-refractivity contribution in [2.45, 2.75) is 78.7 Å². The first kappa shape index (κ1) is 19.0. The van der Waals surface area contributed by atoms with Gasteiger partial charge in [0.15, 0.2) is 0 Å². The summed E-state index contributed by atoms with van der Waals surface area (Å²) in [5.74, 6) is -2.62. The number of hydrogen-bond donors (Lipinski definition) is 0. The number of alkyl halides is 2. The topological polar surface area (TPSA) is 12.4 Å². The third-order valence-corrected chi connectivity index (χ3v) is 3.05. The van der Waals surface area contributed by atoms with Crippen molar-refractivity contribution >= 4 is 5.71 Å². The molecule has 0 fully saturated rings. The van der Waals surface area contributed by atoms with Crippen LogP contribution in [0, 0.1) is 0 Å². The number of hydrogen-bond acceptors (Lipinski definition) is 1. The van der Waals surface area contributed by atoms with E-state index in [9.17, 15) is 8.78 Å². The number of halogens is 2. The molecule has 0 atom stereocenters. The highest BCUT2D eigenvalue weighted by Crippen LogP contribution is 2.25. The quantitative estimate of drug-likeness (QED) is 0.385. The van der Waals surface area contributed by atoms with Gasteiger partial charge in [-0.2, -0.15) is 0 Å². The molecule has 0 aromatic carbocycles. The van der Waals surface area contributed by atoms with Gasteiger partial charge in [0.1, 0.15) is 0 Å². The second-order valence-electron chi connectivity index (χ2n) is 6.41. The molecule has 116 valence electrons. The highest BCUT2D eigenvalue weighted by atomic mass is 19.3. The normalized spacial score (nSPS) is 14.6. The summed E-state index contributed by atoms with van der Waals surface area (Å²) in [5, 5.41) is 0. The standard InChI is InChI=1S/C17H29F2N/c1-8-15(4)20-16(5,6)12-14(3)11-13(2)9-10-17(7,18)19/h11H,2,8-10,12H2,1,3-7H3/b14-11+,20-15?. The lowest BCUT2D eigenvalue weighted by molar-refractivity contribution is 0.0135. The average molecular weight is 285 g/mol. The summed E-state index contributed by atoms with van der Waals surface area (Å²) in [6, 6.07) is 0. The van der Waals surface area contributed by atoms with Gasteiger partial charge in [-0.25, -0.2) is 8.78 Å². The first-order chi connectivity index (χ1) is 8.95. The maximum atomic E-state index is 12.8.